The van der Waals surface area contributed by atoms with Crippen LogP contribution in [0.4, 0.5) is 26.3 Å². The van der Waals surface area contributed by atoms with Crippen LogP contribution in [0.3, 0.4) is 0 Å². The van der Waals surface area contributed by atoms with Gasteiger partial charge in [-0.1, -0.05) is 38.1 Å². The molecule has 0 N–H and O–H groups in total. The van der Waals surface area contributed by atoms with E-state index in [-0.39, 0.29) is 11.6 Å². The minimum absolute atomic E-state index is 0.0284. The van der Waals surface area contributed by atoms with E-state index in [1.165, 1.54) is 24.3 Å². The molecule has 1 heterocycles. The van der Waals surface area contributed by atoms with Crippen LogP contribution in [0.1, 0.15) is 36.2 Å². The summed E-state index contributed by atoms with van der Waals surface area (Å²) in [4.78, 5) is 8.02. The first-order valence-electron chi connectivity index (χ1n) is 8.73. The maximum Gasteiger partial charge on any atom is 0.416 e. The van der Waals surface area contributed by atoms with E-state index in [0.717, 1.165) is 30.6 Å². The summed E-state index contributed by atoms with van der Waals surface area (Å²) in [7, 11) is 0. The topological polar surface area (TPSA) is 35.0 Å². The van der Waals surface area contributed by atoms with Crippen molar-refractivity contribution in [2.24, 2.45) is 0 Å². The summed E-state index contributed by atoms with van der Waals surface area (Å²) in [5.74, 6) is -0.106. The van der Waals surface area contributed by atoms with Crippen LogP contribution in [0.25, 0.3) is 0 Å². The molecule has 0 atom stereocenters. The van der Waals surface area contributed by atoms with Crippen molar-refractivity contribution >= 4 is 0 Å². The van der Waals surface area contributed by atoms with Crippen LogP contribution < -0.4 is 4.74 Å². The van der Waals surface area contributed by atoms with Crippen molar-refractivity contribution in [3.05, 3.63) is 83.3 Å². The highest BCUT2D eigenvalue weighted by molar-refractivity contribution is 5.39. The van der Waals surface area contributed by atoms with Gasteiger partial charge in [-0.15, -0.1) is 0 Å². The normalized spacial score (nSPS) is 12.7. The molecule has 1 aromatic heterocycles. The van der Waals surface area contributed by atoms with Crippen molar-refractivity contribution in [3.63, 3.8) is 0 Å². The van der Waals surface area contributed by atoms with Gasteiger partial charge in [0.25, 0.3) is 0 Å². The molecule has 0 spiro atoms. The molecule has 0 fully saturated rings. The Kier molecular flexibility index (Phi) is 5.49. The first kappa shape index (κ1) is 21.6. The Morgan fingerprint density at radius 2 is 1.27 bits per heavy atom. The molecule has 0 amide bonds. The van der Waals surface area contributed by atoms with Crippen molar-refractivity contribution < 1.29 is 31.1 Å². The Balaban J connectivity index is 1.92. The van der Waals surface area contributed by atoms with Gasteiger partial charge in [-0.2, -0.15) is 26.3 Å². The Morgan fingerprint density at radius 3 is 1.90 bits per heavy atom. The van der Waals surface area contributed by atoms with Crippen molar-refractivity contribution in [2.45, 2.75) is 31.6 Å². The summed E-state index contributed by atoms with van der Waals surface area (Å²) in [5.41, 5.74) is -1.91. The predicted octanol–water partition coefficient (Wildman–Crippen LogP) is 6.63. The Labute approximate surface area is 168 Å². The zero-order chi connectivity index (χ0) is 22.2. The monoisotopic (exact) mass is 426 g/mol. The van der Waals surface area contributed by atoms with E-state index in [1.54, 1.807) is 19.9 Å². The minimum atomic E-state index is -4.53. The van der Waals surface area contributed by atoms with Gasteiger partial charge in [0.15, 0.2) is 0 Å². The van der Waals surface area contributed by atoms with Gasteiger partial charge < -0.3 is 4.74 Å². The van der Waals surface area contributed by atoms with Crippen LogP contribution in [0.2, 0.25) is 0 Å². The van der Waals surface area contributed by atoms with Gasteiger partial charge in [0.2, 0.25) is 5.88 Å². The maximum absolute atomic E-state index is 13.1. The average molecular weight is 426 g/mol. The summed E-state index contributed by atoms with van der Waals surface area (Å²) in [5, 5.41) is 0. The number of nitrogens with zero attached hydrogens (tertiary/aromatic N) is 2. The molecule has 0 saturated carbocycles. The molecule has 0 saturated heterocycles. The number of alkyl halides is 6. The molecule has 2 aromatic carbocycles. The highest BCUT2D eigenvalue weighted by atomic mass is 19.4. The van der Waals surface area contributed by atoms with Crippen molar-refractivity contribution in [3.8, 4) is 11.6 Å². The molecule has 3 nitrogen and oxygen atoms in total. The Bertz CT molecular complexity index is 1040. The lowest BCUT2D eigenvalue weighted by molar-refractivity contribution is -0.138. The zero-order valence-corrected chi connectivity index (χ0v) is 15.8. The van der Waals surface area contributed by atoms with Crippen molar-refractivity contribution in [2.75, 3.05) is 0 Å². The van der Waals surface area contributed by atoms with E-state index in [0.29, 0.717) is 11.3 Å². The Hall–Kier alpha value is -3.10. The van der Waals surface area contributed by atoms with E-state index in [1.807, 2.05) is 0 Å². The number of aromatic nitrogens is 2. The van der Waals surface area contributed by atoms with Gasteiger partial charge >= 0.3 is 12.4 Å². The van der Waals surface area contributed by atoms with Crippen molar-refractivity contribution in [1.29, 1.82) is 0 Å². The zero-order valence-electron chi connectivity index (χ0n) is 15.8. The van der Waals surface area contributed by atoms with E-state index >= 15 is 0 Å². The van der Waals surface area contributed by atoms with Gasteiger partial charge in [-0.3, -0.25) is 0 Å². The SMILES string of the molecule is CC(C)(c1cccc(C(F)(F)F)c1)c1cc(Oc2cccc(C(F)(F)F)c2)ncn1. The van der Waals surface area contributed by atoms with E-state index in [4.69, 9.17) is 4.74 Å². The highest BCUT2D eigenvalue weighted by Gasteiger charge is 2.33. The number of hydrogen-bond acceptors (Lipinski definition) is 3. The third kappa shape index (κ3) is 4.72. The smallest absolute Gasteiger partial charge is 0.416 e. The minimum Gasteiger partial charge on any atom is -0.439 e. The summed E-state index contributed by atoms with van der Waals surface area (Å²) in [6, 6.07) is 10.5. The number of benzene rings is 2. The molecule has 0 aliphatic rings. The fourth-order valence-corrected chi connectivity index (χ4v) is 2.83. The summed E-state index contributed by atoms with van der Waals surface area (Å²) in [6.07, 6.45) is -7.87. The summed E-state index contributed by atoms with van der Waals surface area (Å²) >= 11 is 0. The van der Waals surface area contributed by atoms with Crippen LogP contribution in [0.15, 0.2) is 60.9 Å². The molecule has 3 aromatic rings. The second kappa shape index (κ2) is 7.62. The number of ether oxygens (including phenoxy) is 1. The van der Waals surface area contributed by atoms with Gasteiger partial charge in [0, 0.05) is 11.5 Å². The molecule has 158 valence electrons. The molecule has 0 bridgehead atoms. The first-order valence-corrected chi connectivity index (χ1v) is 8.73. The third-order valence-electron chi connectivity index (χ3n) is 4.58. The number of hydrogen-bond donors (Lipinski definition) is 0. The largest absolute Gasteiger partial charge is 0.439 e. The summed E-state index contributed by atoms with van der Waals surface area (Å²) in [6.45, 7) is 3.36. The number of rotatable bonds is 4. The molecule has 30 heavy (non-hydrogen) atoms. The van der Waals surface area contributed by atoms with Gasteiger partial charge in [-0.25, -0.2) is 9.97 Å². The van der Waals surface area contributed by atoms with Crippen LogP contribution >= 0.6 is 0 Å². The first-order chi connectivity index (χ1) is 13.9. The second-order valence-electron chi connectivity index (χ2n) is 7.07. The van der Waals surface area contributed by atoms with Crippen LogP contribution in [-0.2, 0) is 17.8 Å². The summed E-state index contributed by atoms with van der Waals surface area (Å²) < 4.78 is 83.2. The lowest BCUT2D eigenvalue weighted by Gasteiger charge is -2.25. The molecular formula is C21H16F6N2O. The lowest BCUT2D eigenvalue weighted by atomic mass is 9.80. The van der Waals surface area contributed by atoms with Crippen LogP contribution in [-0.4, -0.2) is 9.97 Å². The second-order valence-corrected chi connectivity index (χ2v) is 7.07. The highest BCUT2D eigenvalue weighted by Crippen LogP contribution is 2.37. The van der Waals surface area contributed by atoms with E-state index < -0.39 is 28.9 Å². The number of halogens is 6. The molecule has 0 aliphatic heterocycles. The lowest BCUT2D eigenvalue weighted by Crippen LogP contribution is -2.21. The fourth-order valence-electron chi connectivity index (χ4n) is 2.83. The van der Waals surface area contributed by atoms with E-state index in [9.17, 15) is 26.3 Å². The third-order valence-corrected chi connectivity index (χ3v) is 4.58. The predicted molar refractivity (Wildman–Crippen MR) is 97.1 cm³/mol. The van der Waals surface area contributed by atoms with Gasteiger partial charge in [0.1, 0.15) is 12.1 Å². The maximum atomic E-state index is 13.1. The van der Waals surface area contributed by atoms with E-state index in [2.05, 4.69) is 9.97 Å². The standard InChI is InChI=1S/C21H16F6N2O/c1-19(2,13-5-3-6-14(9-13)20(22,23)24)17-11-18(29-12-28-17)30-16-8-4-7-15(10-16)21(25,26)27/h3-12H,1-2H3. The molecule has 0 aliphatic carbocycles. The van der Waals surface area contributed by atoms with Gasteiger partial charge in [-0.05, 0) is 29.8 Å². The molecule has 0 radical (unpaired) electrons. The quantitative estimate of drug-likeness (QED) is 0.439. The van der Waals surface area contributed by atoms with Crippen LogP contribution in [0.5, 0.6) is 11.6 Å². The molecule has 9 heteroatoms. The fraction of sp³-hybridized carbons (Fsp3) is 0.238. The Morgan fingerprint density at radius 1 is 0.700 bits per heavy atom. The van der Waals surface area contributed by atoms with Crippen molar-refractivity contribution in [1.82, 2.24) is 9.97 Å². The molecule has 3 rings (SSSR count). The molecular weight excluding hydrogens is 410 g/mol. The van der Waals surface area contributed by atoms with Crippen LogP contribution in [0, 0.1) is 0 Å². The van der Waals surface area contributed by atoms with Gasteiger partial charge in [0.05, 0.1) is 16.8 Å². The average Bonchev–Trinajstić information content (AvgIpc) is 2.67. The molecule has 0 unspecified atom stereocenters.